The molecule has 0 aliphatic carbocycles. The Morgan fingerprint density at radius 2 is 1.86 bits per heavy atom. The van der Waals surface area contributed by atoms with Crippen LogP contribution in [0.5, 0.6) is 0 Å². The van der Waals surface area contributed by atoms with Gasteiger partial charge in [-0.1, -0.05) is 31.5 Å². The van der Waals surface area contributed by atoms with Crippen LogP contribution >= 0.6 is 11.6 Å². The number of halogens is 5. The third-order valence-electron chi connectivity index (χ3n) is 6.31. The maximum absolute atomic E-state index is 14.2. The van der Waals surface area contributed by atoms with Gasteiger partial charge in [0.15, 0.2) is 0 Å². The van der Waals surface area contributed by atoms with Crippen molar-refractivity contribution in [1.82, 2.24) is 9.91 Å². The SMILES string of the molecule is CC.CNc1cc(C)c(C/C=C(/CN2CCOCC2)N2CC(N)=NC=N2)cc1F.O=CNc1cc(C(F)(F)F)ccc1Cl. The monoisotopic (exact) mass is 627 g/mol. The van der Waals surface area contributed by atoms with Crippen molar-refractivity contribution in [3.63, 3.8) is 0 Å². The summed E-state index contributed by atoms with van der Waals surface area (Å²) in [6.07, 6.45) is 0.0194. The molecule has 43 heavy (non-hydrogen) atoms. The summed E-state index contributed by atoms with van der Waals surface area (Å²) in [5, 5.41) is 11.2. The van der Waals surface area contributed by atoms with Gasteiger partial charge >= 0.3 is 6.18 Å². The Labute approximate surface area is 254 Å². The Kier molecular flexibility index (Phi) is 14.4. The smallest absolute Gasteiger partial charge is 0.386 e. The second-order valence-electron chi connectivity index (χ2n) is 9.16. The fourth-order valence-electron chi connectivity index (χ4n) is 4.05. The summed E-state index contributed by atoms with van der Waals surface area (Å²) in [5.41, 5.74) is 8.51. The van der Waals surface area contributed by atoms with Gasteiger partial charge in [-0.05, 0) is 54.8 Å². The highest BCUT2D eigenvalue weighted by atomic mass is 35.5. The van der Waals surface area contributed by atoms with E-state index in [4.69, 9.17) is 22.1 Å². The zero-order valence-corrected chi connectivity index (χ0v) is 25.4. The summed E-state index contributed by atoms with van der Waals surface area (Å²) in [5.74, 6) is 0.284. The summed E-state index contributed by atoms with van der Waals surface area (Å²) >= 11 is 5.54. The number of amidine groups is 1. The van der Waals surface area contributed by atoms with Gasteiger partial charge in [0.25, 0.3) is 0 Å². The fourth-order valence-corrected chi connectivity index (χ4v) is 4.22. The van der Waals surface area contributed by atoms with Gasteiger partial charge in [-0.15, -0.1) is 0 Å². The highest BCUT2D eigenvalue weighted by Crippen LogP contribution is 2.33. The van der Waals surface area contributed by atoms with E-state index in [-0.39, 0.29) is 22.9 Å². The fraction of sp³-hybridized carbons (Fsp3) is 0.414. The number of amides is 1. The number of benzene rings is 2. The number of hydrogen-bond donors (Lipinski definition) is 3. The summed E-state index contributed by atoms with van der Waals surface area (Å²) in [6, 6.07) is 6.13. The Morgan fingerprint density at radius 3 is 2.47 bits per heavy atom. The first-order valence-electron chi connectivity index (χ1n) is 13.7. The normalized spacial score (nSPS) is 15.4. The van der Waals surface area contributed by atoms with Crippen LogP contribution in [-0.4, -0.2) is 74.9 Å². The highest BCUT2D eigenvalue weighted by molar-refractivity contribution is 6.33. The second-order valence-corrected chi connectivity index (χ2v) is 9.57. The van der Waals surface area contributed by atoms with Crippen molar-refractivity contribution in [1.29, 1.82) is 0 Å². The number of hydrogen-bond acceptors (Lipinski definition) is 8. The molecular weight excluding hydrogens is 590 g/mol. The van der Waals surface area contributed by atoms with Crippen molar-refractivity contribution in [2.24, 2.45) is 15.8 Å². The maximum Gasteiger partial charge on any atom is 0.416 e. The Morgan fingerprint density at radius 1 is 1.16 bits per heavy atom. The first-order chi connectivity index (χ1) is 20.5. The van der Waals surface area contributed by atoms with Crippen molar-refractivity contribution < 1.29 is 27.1 Å². The van der Waals surface area contributed by atoms with Crippen LogP contribution in [0.1, 0.15) is 30.5 Å². The number of nitrogens with one attached hydrogen (secondary N) is 2. The lowest BCUT2D eigenvalue weighted by molar-refractivity contribution is -0.137. The Bertz CT molecular complexity index is 1300. The molecule has 1 amide bonds. The molecule has 0 atom stereocenters. The molecule has 0 radical (unpaired) electrons. The number of morpholine rings is 1. The number of aryl methyl sites for hydroxylation is 1. The van der Waals surface area contributed by atoms with Gasteiger partial charge in [0.2, 0.25) is 6.41 Å². The van der Waals surface area contributed by atoms with Crippen LogP contribution in [-0.2, 0) is 22.1 Å². The van der Waals surface area contributed by atoms with Crippen LogP contribution in [0.25, 0.3) is 0 Å². The Hall–Kier alpha value is -3.68. The zero-order valence-electron chi connectivity index (χ0n) is 24.6. The number of hydrazone groups is 1. The molecule has 0 unspecified atom stereocenters. The molecule has 236 valence electrons. The number of nitrogens with zero attached hydrogens (tertiary/aromatic N) is 4. The summed E-state index contributed by atoms with van der Waals surface area (Å²) in [7, 11) is 1.72. The number of allylic oxidation sites excluding steroid dienone is 1. The lowest BCUT2D eigenvalue weighted by Gasteiger charge is -2.31. The number of alkyl halides is 3. The van der Waals surface area contributed by atoms with Crippen LogP contribution < -0.4 is 16.4 Å². The zero-order chi connectivity index (χ0) is 32.0. The standard InChI is InChI=1S/C19H27FN6O.C8H5ClF3NO.C2H6/c1-14-9-18(22-2)17(20)10-15(14)3-4-16(11-25-5-7-27-8-6-25)26-12-19(21)23-13-24-26;9-6-2-1-5(8(10,11)12)3-7(6)13-4-14;1-2/h4,9-10,13,22H,3,5-8,11-12H2,1-2H3,(H2,21,23,24);1-4H,(H,13,14);1-2H3/b16-4-;;. The minimum Gasteiger partial charge on any atom is -0.386 e. The third-order valence-corrected chi connectivity index (χ3v) is 6.64. The third kappa shape index (κ3) is 11.2. The molecule has 14 heteroatoms. The Balaban J connectivity index is 0.000000340. The molecule has 2 aliphatic heterocycles. The van der Waals surface area contributed by atoms with Gasteiger partial charge in [0, 0.05) is 32.4 Å². The molecule has 0 spiro atoms. The average molecular weight is 628 g/mol. The quantitative estimate of drug-likeness (QED) is 0.263. The van der Waals surface area contributed by atoms with Crippen LogP contribution in [0.15, 0.2) is 52.2 Å². The van der Waals surface area contributed by atoms with Crippen molar-refractivity contribution in [3.05, 3.63) is 69.6 Å². The van der Waals surface area contributed by atoms with E-state index in [1.165, 1.54) is 6.34 Å². The van der Waals surface area contributed by atoms with Crippen molar-refractivity contribution in [3.8, 4) is 0 Å². The van der Waals surface area contributed by atoms with E-state index in [2.05, 4.69) is 31.7 Å². The average Bonchev–Trinajstić information content (AvgIpc) is 2.99. The minimum absolute atomic E-state index is 0.0588. The predicted octanol–water partition coefficient (Wildman–Crippen LogP) is 5.50. The van der Waals surface area contributed by atoms with Gasteiger partial charge in [0.1, 0.15) is 18.0 Å². The van der Waals surface area contributed by atoms with Crippen LogP contribution in [0, 0.1) is 12.7 Å². The lowest BCUT2D eigenvalue weighted by Crippen LogP contribution is -2.41. The first-order valence-corrected chi connectivity index (χ1v) is 14.0. The molecule has 4 N–H and O–H groups in total. The first kappa shape index (κ1) is 35.5. The number of carbonyl (C=O) groups is 1. The topological polar surface area (TPSA) is 108 Å². The summed E-state index contributed by atoms with van der Waals surface area (Å²) < 4.78 is 56.1. The van der Waals surface area contributed by atoms with E-state index in [9.17, 15) is 22.4 Å². The van der Waals surface area contributed by atoms with E-state index in [0.29, 0.717) is 24.5 Å². The molecule has 0 saturated carbocycles. The van der Waals surface area contributed by atoms with E-state index >= 15 is 0 Å². The highest BCUT2D eigenvalue weighted by Gasteiger charge is 2.30. The molecule has 2 aromatic rings. The van der Waals surface area contributed by atoms with Crippen molar-refractivity contribution in [2.75, 3.05) is 57.1 Å². The predicted molar refractivity (Wildman–Crippen MR) is 164 cm³/mol. The molecule has 2 aromatic carbocycles. The van der Waals surface area contributed by atoms with Gasteiger partial charge in [-0.25, -0.2) is 9.38 Å². The number of aliphatic imine (C=N–C) groups is 1. The largest absolute Gasteiger partial charge is 0.416 e. The van der Waals surface area contributed by atoms with E-state index in [0.717, 1.165) is 67.9 Å². The van der Waals surface area contributed by atoms with Crippen molar-refractivity contribution >= 4 is 41.6 Å². The van der Waals surface area contributed by atoms with E-state index in [1.807, 2.05) is 31.8 Å². The molecule has 4 rings (SSSR count). The number of rotatable bonds is 8. The number of ether oxygens (including phenoxy) is 1. The number of carbonyl (C=O) groups excluding carboxylic acids is 1. The molecule has 0 bridgehead atoms. The molecule has 0 aromatic heterocycles. The molecule has 1 saturated heterocycles. The second kappa shape index (κ2) is 17.4. The summed E-state index contributed by atoms with van der Waals surface area (Å²) in [6.45, 7) is 10.4. The molecule has 1 fully saturated rings. The lowest BCUT2D eigenvalue weighted by atomic mass is 10.0. The van der Waals surface area contributed by atoms with Gasteiger partial charge < -0.3 is 21.1 Å². The van der Waals surface area contributed by atoms with Gasteiger partial charge in [-0.2, -0.15) is 18.3 Å². The number of nitrogens with two attached hydrogens (primary N) is 1. The minimum atomic E-state index is -4.44. The van der Waals surface area contributed by atoms with Crippen LogP contribution in [0.2, 0.25) is 5.02 Å². The van der Waals surface area contributed by atoms with Crippen LogP contribution in [0.4, 0.5) is 28.9 Å². The van der Waals surface area contributed by atoms with Gasteiger partial charge in [0.05, 0.1) is 41.7 Å². The molecule has 2 heterocycles. The van der Waals surface area contributed by atoms with Crippen LogP contribution in [0.3, 0.4) is 0 Å². The number of anilines is 2. The molecular formula is C29H38ClF4N7O2. The molecule has 2 aliphatic rings. The van der Waals surface area contributed by atoms with E-state index in [1.54, 1.807) is 13.1 Å². The van der Waals surface area contributed by atoms with E-state index < -0.39 is 11.7 Å². The van der Waals surface area contributed by atoms with Crippen molar-refractivity contribution in [2.45, 2.75) is 33.4 Å². The van der Waals surface area contributed by atoms with Gasteiger partial charge in [-0.3, -0.25) is 14.7 Å². The molecule has 9 nitrogen and oxygen atoms in total. The summed E-state index contributed by atoms with van der Waals surface area (Å²) in [4.78, 5) is 16.4. The maximum atomic E-state index is 14.2.